The van der Waals surface area contributed by atoms with Crippen LogP contribution in [0.3, 0.4) is 0 Å². The van der Waals surface area contributed by atoms with Crippen LogP contribution in [0, 0.1) is 13.8 Å². The molecule has 230 valence electrons. The van der Waals surface area contributed by atoms with Crippen LogP contribution in [-0.4, -0.2) is 79.0 Å². The van der Waals surface area contributed by atoms with Gasteiger partial charge >= 0.3 is 0 Å². The monoisotopic (exact) mass is 600 g/mol. The predicted molar refractivity (Wildman–Crippen MR) is 165 cm³/mol. The fourth-order valence-corrected chi connectivity index (χ4v) is 6.96. The zero-order valence-corrected chi connectivity index (χ0v) is 26.3. The molecule has 10 heteroatoms. The molecule has 1 aromatic heterocycles. The van der Waals surface area contributed by atoms with Crippen LogP contribution in [0.1, 0.15) is 73.6 Å². The number of nitrogens with one attached hydrogen (secondary N) is 2. The lowest BCUT2D eigenvalue weighted by molar-refractivity contribution is -0.103. The second-order valence-corrected chi connectivity index (χ2v) is 12.5. The number of pyridine rings is 1. The first-order chi connectivity index (χ1) is 20.1. The molecule has 1 saturated carbocycles. The number of ether oxygens (including phenoxy) is 3. The molecule has 9 nitrogen and oxygen atoms in total. The number of H-pyrrole nitrogens is 1. The van der Waals surface area contributed by atoms with E-state index in [1.807, 2.05) is 26.0 Å². The van der Waals surface area contributed by atoms with Crippen molar-refractivity contribution in [2.45, 2.75) is 97.2 Å². The minimum Gasteiger partial charge on any atom is -0.490 e. The highest BCUT2D eigenvalue weighted by atomic mass is 35.5. The lowest BCUT2D eigenvalue weighted by Gasteiger charge is -2.47. The number of morpholine rings is 1. The maximum atomic E-state index is 13.6. The third kappa shape index (κ3) is 6.96. The van der Waals surface area contributed by atoms with Gasteiger partial charge in [-0.2, -0.15) is 0 Å². The number of aromatic amines is 1. The molecule has 0 unspecified atom stereocenters. The zero-order chi connectivity index (χ0) is 30.0. The number of halogens is 1. The van der Waals surface area contributed by atoms with Gasteiger partial charge in [0.15, 0.2) is 0 Å². The van der Waals surface area contributed by atoms with Crippen molar-refractivity contribution in [3.05, 3.63) is 56.0 Å². The normalized spacial score (nSPS) is 25.1. The smallest absolute Gasteiger partial charge is 0.253 e. The zero-order valence-electron chi connectivity index (χ0n) is 25.5. The Morgan fingerprint density at radius 1 is 1.14 bits per heavy atom. The Hall–Kier alpha value is -2.59. The standard InChI is InChI=1S/C32H45ClN4O5/c1-6-37(23-7-9-40-10-8-23)29-15-26(42-25-12-24(13-25)36-17-21(4)41-22(5)18-36)14-27(30(29)33)31(38)34-16-28-19(2)11-20(3)35-32(28)39/h11,14-15,21-25H,6-10,12-13,16-18H2,1-5H3,(H,34,38)(H,35,39)/t21-,22+,24?,25?. The quantitative estimate of drug-likeness (QED) is 0.434. The summed E-state index contributed by atoms with van der Waals surface area (Å²) in [5.41, 5.74) is 3.10. The number of anilines is 1. The molecular weight excluding hydrogens is 556 g/mol. The van der Waals surface area contributed by atoms with Crippen molar-refractivity contribution in [3.8, 4) is 5.75 Å². The predicted octanol–water partition coefficient (Wildman–Crippen LogP) is 4.60. The molecule has 42 heavy (non-hydrogen) atoms. The largest absolute Gasteiger partial charge is 0.490 e. The van der Waals surface area contributed by atoms with Crippen LogP contribution >= 0.6 is 11.6 Å². The summed E-state index contributed by atoms with van der Waals surface area (Å²) in [5, 5.41) is 3.33. The molecule has 2 saturated heterocycles. The number of carbonyl (C=O) groups is 1. The molecule has 1 aliphatic carbocycles. The average molecular weight is 601 g/mol. The second-order valence-electron chi connectivity index (χ2n) is 12.1. The van der Waals surface area contributed by atoms with Gasteiger partial charge in [0.05, 0.1) is 28.5 Å². The number of amides is 1. The first kappa shape index (κ1) is 30.9. The van der Waals surface area contributed by atoms with Crippen LogP contribution < -0.4 is 20.5 Å². The Morgan fingerprint density at radius 3 is 2.48 bits per heavy atom. The summed E-state index contributed by atoms with van der Waals surface area (Å²) in [6.45, 7) is 14.2. The molecule has 5 rings (SSSR count). The maximum Gasteiger partial charge on any atom is 0.253 e. The number of benzene rings is 1. The molecule has 2 atom stereocenters. The van der Waals surface area contributed by atoms with E-state index < -0.39 is 0 Å². The Morgan fingerprint density at radius 2 is 1.83 bits per heavy atom. The van der Waals surface area contributed by atoms with E-state index >= 15 is 0 Å². The lowest BCUT2D eigenvalue weighted by Crippen LogP contribution is -2.56. The van der Waals surface area contributed by atoms with Gasteiger partial charge in [-0.15, -0.1) is 0 Å². The summed E-state index contributed by atoms with van der Waals surface area (Å²) in [6.07, 6.45) is 4.20. The maximum absolute atomic E-state index is 13.6. The summed E-state index contributed by atoms with van der Waals surface area (Å²) in [6, 6.07) is 6.37. The van der Waals surface area contributed by atoms with Gasteiger partial charge < -0.3 is 29.4 Å². The molecular formula is C32H45ClN4O5. The lowest BCUT2D eigenvalue weighted by atomic mass is 9.87. The Balaban J connectivity index is 1.36. The summed E-state index contributed by atoms with van der Waals surface area (Å²) in [5.74, 6) is 0.304. The minimum atomic E-state index is -0.336. The van der Waals surface area contributed by atoms with Crippen LogP contribution in [0.15, 0.2) is 23.0 Å². The van der Waals surface area contributed by atoms with Crippen LogP contribution in [0.25, 0.3) is 0 Å². The number of hydrogen-bond donors (Lipinski definition) is 2. The Labute approximate surface area is 253 Å². The second kappa shape index (κ2) is 13.4. The average Bonchev–Trinajstić information content (AvgIpc) is 2.91. The third-order valence-electron chi connectivity index (χ3n) is 8.81. The van der Waals surface area contributed by atoms with Gasteiger partial charge in [0.2, 0.25) is 0 Å². The van der Waals surface area contributed by atoms with Gasteiger partial charge in [-0.1, -0.05) is 11.6 Å². The highest BCUT2D eigenvalue weighted by molar-refractivity contribution is 6.36. The minimum absolute atomic E-state index is 0.0697. The van der Waals surface area contributed by atoms with Crippen molar-refractivity contribution >= 4 is 23.2 Å². The third-order valence-corrected chi connectivity index (χ3v) is 9.21. The van der Waals surface area contributed by atoms with Crippen LogP contribution in [-0.2, 0) is 16.0 Å². The number of aryl methyl sites for hydroxylation is 2. The van der Waals surface area contributed by atoms with E-state index in [1.165, 1.54) is 0 Å². The molecule has 2 aliphatic heterocycles. The Kier molecular flexibility index (Phi) is 9.82. The van der Waals surface area contributed by atoms with E-state index in [1.54, 1.807) is 6.07 Å². The highest BCUT2D eigenvalue weighted by Gasteiger charge is 2.38. The first-order valence-corrected chi connectivity index (χ1v) is 15.7. The van der Waals surface area contributed by atoms with E-state index in [-0.39, 0.29) is 42.4 Å². The van der Waals surface area contributed by atoms with E-state index in [0.29, 0.717) is 41.2 Å². The molecule has 0 bridgehead atoms. The molecule has 3 heterocycles. The van der Waals surface area contributed by atoms with Crippen molar-refractivity contribution < 1.29 is 19.0 Å². The van der Waals surface area contributed by atoms with Crippen LogP contribution in [0.5, 0.6) is 5.75 Å². The van der Waals surface area contributed by atoms with E-state index in [2.05, 4.69) is 40.9 Å². The van der Waals surface area contributed by atoms with Crippen molar-refractivity contribution in [2.24, 2.45) is 0 Å². The number of hydrogen-bond acceptors (Lipinski definition) is 7. The van der Waals surface area contributed by atoms with Crippen LogP contribution in [0.4, 0.5) is 5.69 Å². The summed E-state index contributed by atoms with van der Waals surface area (Å²) in [7, 11) is 0. The molecule has 1 amide bonds. The molecule has 2 N–H and O–H groups in total. The number of aromatic nitrogens is 1. The Bertz CT molecular complexity index is 1310. The van der Waals surface area contributed by atoms with Crippen molar-refractivity contribution in [3.63, 3.8) is 0 Å². The molecule has 3 aliphatic rings. The van der Waals surface area contributed by atoms with Gasteiger partial charge in [-0.25, -0.2) is 0 Å². The number of carbonyl (C=O) groups excluding carboxylic acids is 1. The number of rotatable bonds is 9. The van der Waals surface area contributed by atoms with E-state index in [9.17, 15) is 9.59 Å². The SMILES string of the molecule is CCN(c1cc(OC2CC(N3C[C@@H](C)O[C@@H](C)C3)C2)cc(C(=O)NCc2c(C)cc(C)[nH]c2=O)c1Cl)C1CCOCC1. The van der Waals surface area contributed by atoms with Gasteiger partial charge in [0.1, 0.15) is 11.9 Å². The molecule has 0 spiro atoms. The molecule has 2 aromatic rings. The molecule has 3 fully saturated rings. The van der Waals surface area contributed by atoms with E-state index in [0.717, 1.165) is 62.3 Å². The summed E-state index contributed by atoms with van der Waals surface area (Å²) < 4.78 is 18.0. The van der Waals surface area contributed by atoms with E-state index in [4.69, 9.17) is 25.8 Å². The first-order valence-electron chi connectivity index (χ1n) is 15.3. The molecule has 0 radical (unpaired) electrons. The molecule has 1 aromatic carbocycles. The van der Waals surface area contributed by atoms with Crippen LogP contribution in [0.2, 0.25) is 5.02 Å². The topological polar surface area (TPSA) is 96.1 Å². The van der Waals surface area contributed by atoms with Crippen molar-refractivity contribution in [1.29, 1.82) is 0 Å². The fourth-order valence-electron chi connectivity index (χ4n) is 6.65. The number of nitrogens with zero attached hydrogens (tertiary/aromatic N) is 2. The van der Waals surface area contributed by atoms with Gasteiger partial charge in [-0.05, 0) is 65.2 Å². The van der Waals surface area contributed by atoms with Gasteiger partial charge in [0, 0.05) is 81.6 Å². The summed E-state index contributed by atoms with van der Waals surface area (Å²) in [4.78, 5) is 33.7. The van der Waals surface area contributed by atoms with Crippen molar-refractivity contribution in [2.75, 3.05) is 37.7 Å². The van der Waals surface area contributed by atoms with Gasteiger partial charge in [0.25, 0.3) is 11.5 Å². The summed E-state index contributed by atoms with van der Waals surface area (Å²) >= 11 is 6.99. The highest BCUT2D eigenvalue weighted by Crippen LogP contribution is 2.39. The van der Waals surface area contributed by atoms with Crippen molar-refractivity contribution in [1.82, 2.24) is 15.2 Å². The fraction of sp³-hybridized carbons (Fsp3) is 0.625. The van der Waals surface area contributed by atoms with Gasteiger partial charge in [-0.3, -0.25) is 14.5 Å².